The van der Waals surface area contributed by atoms with Crippen LogP contribution >= 0.6 is 27.3 Å². The van der Waals surface area contributed by atoms with Crippen molar-refractivity contribution in [2.75, 3.05) is 7.11 Å². The van der Waals surface area contributed by atoms with Crippen LogP contribution in [0.1, 0.15) is 5.56 Å². The predicted molar refractivity (Wildman–Crippen MR) is 60.8 cm³/mol. The first-order valence-electron chi connectivity index (χ1n) is 3.91. The van der Waals surface area contributed by atoms with E-state index < -0.39 is 0 Å². The average molecular weight is 268 g/mol. The monoisotopic (exact) mass is 267 g/mol. The Morgan fingerprint density at radius 3 is 3.00 bits per heavy atom. The van der Waals surface area contributed by atoms with Crippen molar-refractivity contribution in [3.8, 4) is 11.8 Å². The third-order valence-corrected chi connectivity index (χ3v) is 3.98. The minimum atomic E-state index is 0.558. The Morgan fingerprint density at radius 2 is 2.36 bits per heavy atom. The molecule has 0 aliphatic rings. The van der Waals surface area contributed by atoms with Crippen molar-refractivity contribution in [3.05, 3.63) is 27.5 Å². The zero-order valence-electron chi connectivity index (χ0n) is 7.37. The molecule has 0 amide bonds. The van der Waals surface area contributed by atoms with E-state index in [4.69, 9.17) is 10.00 Å². The van der Waals surface area contributed by atoms with Crippen LogP contribution < -0.4 is 4.74 Å². The van der Waals surface area contributed by atoms with Gasteiger partial charge < -0.3 is 4.74 Å². The lowest BCUT2D eigenvalue weighted by Crippen LogP contribution is -1.88. The van der Waals surface area contributed by atoms with Gasteiger partial charge in [0.05, 0.1) is 16.3 Å². The van der Waals surface area contributed by atoms with Gasteiger partial charge in [-0.05, 0) is 38.8 Å². The van der Waals surface area contributed by atoms with E-state index in [1.807, 2.05) is 17.5 Å². The van der Waals surface area contributed by atoms with Gasteiger partial charge in [-0.15, -0.1) is 11.3 Å². The first kappa shape index (κ1) is 9.50. The Labute approximate surface area is 93.9 Å². The maximum Gasteiger partial charge on any atom is 0.138 e. The lowest BCUT2D eigenvalue weighted by Gasteiger charge is -2.04. The van der Waals surface area contributed by atoms with Crippen molar-refractivity contribution < 1.29 is 4.74 Å². The predicted octanol–water partition coefficient (Wildman–Crippen LogP) is 3.54. The highest BCUT2D eigenvalue weighted by molar-refractivity contribution is 9.10. The molecule has 2 aromatic rings. The molecule has 0 saturated heterocycles. The van der Waals surface area contributed by atoms with Gasteiger partial charge in [0.1, 0.15) is 17.4 Å². The highest BCUT2D eigenvalue weighted by Gasteiger charge is 2.12. The number of nitriles is 1. The van der Waals surface area contributed by atoms with Crippen molar-refractivity contribution in [1.29, 1.82) is 5.26 Å². The minimum Gasteiger partial charge on any atom is -0.495 e. The molecule has 0 saturated carbocycles. The summed E-state index contributed by atoms with van der Waals surface area (Å²) in [5.74, 6) is 0.616. The summed E-state index contributed by atoms with van der Waals surface area (Å²) in [5.41, 5.74) is 0.558. The Bertz CT molecular complexity index is 527. The molecule has 1 aromatic carbocycles. The van der Waals surface area contributed by atoms with Crippen LogP contribution in [0.3, 0.4) is 0 Å². The second-order valence-corrected chi connectivity index (χ2v) is 4.43. The van der Waals surface area contributed by atoms with Gasteiger partial charge >= 0.3 is 0 Å². The maximum atomic E-state index is 8.97. The molecule has 0 aliphatic carbocycles. The molecule has 14 heavy (non-hydrogen) atoms. The van der Waals surface area contributed by atoms with Crippen LogP contribution in [0.5, 0.6) is 5.75 Å². The summed E-state index contributed by atoms with van der Waals surface area (Å²) >= 11 is 5.03. The number of hydrogen-bond acceptors (Lipinski definition) is 3. The lowest BCUT2D eigenvalue weighted by atomic mass is 10.2. The fourth-order valence-electron chi connectivity index (χ4n) is 1.31. The van der Waals surface area contributed by atoms with Crippen LogP contribution in [-0.2, 0) is 0 Å². The topological polar surface area (TPSA) is 33.0 Å². The molecule has 1 aromatic heterocycles. The first-order chi connectivity index (χ1) is 6.77. The zero-order chi connectivity index (χ0) is 10.1. The van der Waals surface area contributed by atoms with E-state index in [0.29, 0.717) is 11.3 Å². The molecule has 0 atom stereocenters. The van der Waals surface area contributed by atoms with Gasteiger partial charge in [0.15, 0.2) is 0 Å². The fraction of sp³-hybridized carbons (Fsp3) is 0.100. The van der Waals surface area contributed by atoms with Crippen molar-refractivity contribution in [1.82, 2.24) is 0 Å². The Balaban J connectivity index is 2.88. The van der Waals surface area contributed by atoms with Crippen LogP contribution in [0.15, 0.2) is 22.0 Å². The molecule has 4 heteroatoms. The van der Waals surface area contributed by atoms with Crippen LogP contribution in [0, 0.1) is 11.3 Å². The van der Waals surface area contributed by atoms with E-state index in [2.05, 4.69) is 22.0 Å². The van der Waals surface area contributed by atoms with Crippen LogP contribution in [0.2, 0.25) is 0 Å². The number of methoxy groups -OCH3 is 1. The summed E-state index contributed by atoms with van der Waals surface area (Å²) in [6, 6.07) is 6.02. The number of halogens is 1. The molecule has 0 spiro atoms. The van der Waals surface area contributed by atoms with Gasteiger partial charge in [-0.1, -0.05) is 0 Å². The number of ether oxygens (including phenoxy) is 1. The quantitative estimate of drug-likeness (QED) is 0.792. The van der Waals surface area contributed by atoms with Gasteiger partial charge in [0, 0.05) is 0 Å². The number of thiophene rings is 1. The van der Waals surface area contributed by atoms with Crippen molar-refractivity contribution in [3.63, 3.8) is 0 Å². The van der Waals surface area contributed by atoms with Crippen molar-refractivity contribution >= 4 is 37.4 Å². The zero-order valence-corrected chi connectivity index (χ0v) is 9.78. The van der Waals surface area contributed by atoms with Gasteiger partial charge in [0.25, 0.3) is 0 Å². The summed E-state index contributed by atoms with van der Waals surface area (Å²) in [7, 11) is 1.57. The van der Waals surface area contributed by atoms with Crippen LogP contribution in [0.25, 0.3) is 10.1 Å². The van der Waals surface area contributed by atoms with Crippen LogP contribution in [-0.4, -0.2) is 7.11 Å². The molecule has 2 rings (SSSR count). The molecule has 2 nitrogen and oxygen atoms in total. The number of fused-ring (bicyclic) bond motifs is 1. The Kier molecular flexibility index (Phi) is 2.44. The molecule has 0 aliphatic heterocycles. The number of hydrogen-bond donors (Lipinski definition) is 0. The summed E-state index contributed by atoms with van der Waals surface area (Å²) in [5, 5.41) is 12.1. The highest BCUT2D eigenvalue weighted by atomic mass is 79.9. The van der Waals surface area contributed by atoms with E-state index in [1.165, 1.54) is 0 Å². The molecule has 0 fully saturated rings. The molecule has 70 valence electrons. The number of nitrogens with zero attached hydrogens (tertiary/aromatic N) is 1. The summed E-state index contributed by atoms with van der Waals surface area (Å²) in [6.45, 7) is 0. The summed E-state index contributed by atoms with van der Waals surface area (Å²) in [6.07, 6.45) is 0. The molecule has 0 bridgehead atoms. The third kappa shape index (κ3) is 1.29. The van der Waals surface area contributed by atoms with Crippen molar-refractivity contribution in [2.24, 2.45) is 0 Å². The fourth-order valence-corrected chi connectivity index (χ4v) is 2.92. The maximum absolute atomic E-state index is 8.97. The second-order valence-electron chi connectivity index (χ2n) is 2.72. The SMILES string of the molecule is COc1cc2ccsc2c(Br)c1C#N. The van der Waals surface area contributed by atoms with E-state index in [9.17, 15) is 0 Å². The molecule has 1 heterocycles. The standard InChI is InChI=1S/C10H6BrNOS/c1-13-8-4-6-2-3-14-10(6)9(11)7(8)5-12/h2-4H,1H3. The normalized spacial score (nSPS) is 10.1. The largest absolute Gasteiger partial charge is 0.495 e. The van der Waals surface area contributed by atoms with Gasteiger partial charge in [0.2, 0.25) is 0 Å². The third-order valence-electron chi connectivity index (χ3n) is 1.98. The lowest BCUT2D eigenvalue weighted by molar-refractivity contribution is 0.414. The molecule has 0 N–H and O–H groups in total. The van der Waals surface area contributed by atoms with Crippen molar-refractivity contribution in [2.45, 2.75) is 0 Å². The summed E-state index contributed by atoms with van der Waals surface area (Å²) < 4.78 is 7.06. The van der Waals surface area contributed by atoms with E-state index >= 15 is 0 Å². The van der Waals surface area contributed by atoms with Gasteiger partial charge in [-0.2, -0.15) is 5.26 Å². The number of rotatable bonds is 1. The highest BCUT2D eigenvalue weighted by Crippen LogP contribution is 2.37. The van der Waals surface area contributed by atoms with E-state index in [-0.39, 0.29) is 0 Å². The van der Waals surface area contributed by atoms with E-state index in [0.717, 1.165) is 14.6 Å². The first-order valence-corrected chi connectivity index (χ1v) is 5.59. The number of benzene rings is 1. The second kappa shape index (κ2) is 3.60. The van der Waals surface area contributed by atoms with Crippen LogP contribution in [0.4, 0.5) is 0 Å². The smallest absolute Gasteiger partial charge is 0.138 e. The summed E-state index contributed by atoms with van der Waals surface area (Å²) in [4.78, 5) is 0. The molecular formula is C10H6BrNOS. The van der Waals surface area contributed by atoms with Gasteiger partial charge in [-0.3, -0.25) is 0 Å². The average Bonchev–Trinajstić information content (AvgIpc) is 2.65. The Morgan fingerprint density at radius 1 is 1.57 bits per heavy atom. The molecule has 0 unspecified atom stereocenters. The minimum absolute atomic E-state index is 0.558. The van der Waals surface area contributed by atoms with Gasteiger partial charge in [-0.25, -0.2) is 0 Å². The molecule has 0 radical (unpaired) electrons. The molecular weight excluding hydrogens is 262 g/mol. The Hall–Kier alpha value is -1.05. The van der Waals surface area contributed by atoms with E-state index in [1.54, 1.807) is 18.4 Å².